The fraction of sp³-hybridized carbons (Fsp3) is 0.455. The lowest BCUT2D eigenvalue weighted by atomic mass is 9.94. The summed E-state index contributed by atoms with van der Waals surface area (Å²) in [5.41, 5.74) is 4.41. The number of hydrogen-bond donors (Lipinski definition) is 3. The molecule has 3 aliphatic rings. The molecule has 0 saturated carbocycles. The van der Waals surface area contributed by atoms with Crippen molar-refractivity contribution >= 4 is 52.8 Å². The minimum absolute atomic E-state index is 0.00502. The number of nitrogens with one attached hydrogen (secondary N) is 1. The number of benzene rings is 2. The van der Waals surface area contributed by atoms with Crippen molar-refractivity contribution in [3.8, 4) is 5.75 Å². The van der Waals surface area contributed by atoms with E-state index in [1.807, 2.05) is 34.1 Å². The molecule has 0 aromatic heterocycles. The Kier molecular flexibility index (Phi) is 10.6. The number of fused-ring (bicyclic) bond motifs is 1. The Labute approximate surface area is 277 Å². The van der Waals surface area contributed by atoms with Gasteiger partial charge in [-0.25, -0.2) is 9.59 Å². The number of aromatic hydroxyl groups is 1. The van der Waals surface area contributed by atoms with E-state index in [0.717, 1.165) is 17.7 Å². The first-order valence-corrected chi connectivity index (χ1v) is 16.1. The maximum Gasteiger partial charge on any atom is 0.410 e. The van der Waals surface area contributed by atoms with Crippen molar-refractivity contribution in [1.29, 1.82) is 0 Å². The van der Waals surface area contributed by atoms with E-state index >= 15 is 0 Å². The number of ether oxygens (including phenoxy) is 1. The van der Waals surface area contributed by atoms with Gasteiger partial charge < -0.3 is 35.0 Å². The Bertz CT molecular complexity index is 1540. The molecule has 3 heterocycles. The van der Waals surface area contributed by atoms with E-state index in [9.17, 15) is 24.6 Å². The predicted molar refractivity (Wildman–Crippen MR) is 175 cm³/mol. The third-order valence-corrected chi connectivity index (χ3v) is 9.25. The largest absolute Gasteiger partial charge is 0.505 e. The van der Waals surface area contributed by atoms with E-state index in [-0.39, 0.29) is 34.3 Å². The van der Waals surface area contributed by atoms with Crippen molar-refractivity contribution in [3.05, 3.63) is 69.5 Å². The van der Waals surface area contributed by atoms with Crippen LogP contribution in [0.5, 0.6) is 5.75 Å². The third-order valence-electron chi connectivity index (χ3n) is 8.67. The van der Waals surface area contributed by atoms with Crippen LogP contribution in [0.15, 0.2) is 53.3 Å². The van der Waals surface area contributed by atoms with Crippen LogP contribution in [0, 0.1) is 0 Å². The number of aliphatic imine (C=N–C) groups is 1. The molecule has 244 valence electrons. The van der Waals surface area contributed by atoms with Crippen LogP contribution in [0.25, 0.3) is 0 Å². The minimum Gasteiger partial charge on any atom is -0.505 e. The van der Waals surface area contributed by atoms with Gasteiger partial charge >= 0.3 is 12.1 Å². The molecule has 3 aliphatic heterocycles. The maximum atomic E-state index is 13.3. The molecule has 2 fully saturated rings. The second-order valence-corrected chi connectivity index (χ2v) is 12.9. The number of nitrogens with zero attached hydrogens (tertiary/aromatic N) is 4. The molecule has 0 radical (unpaired) electrons. The number of phenolic OH excluding ortho intramolecular Hbond substituents is 1. The van der Waals surface area contributed by atoms with Crippen LogP contribution in [-0.2, 0) is 22.4 Å². The molecule has 46 heavy (non-hydrogen) atoms. The number of para-hydroxylation sites is 1. The summed E-state index contributed by atoms with van der Waals surface area (Å²) < 4.78 is 5.69. The van der Waals surface area contributed by atoms with Gasteiger partial charge in [-0.05, 0) is 74.1 Å². The summed E-state index contributed by atoms with van der Waals surface area (Å²) in [6.45, 7) is 4.32. The summed E-state index contributed by atoms with van der Waals surface area (Å²) in [6.07, 6.45) is 2.58. The van der Waals surface area contributed by atoms with Gasteiger partial charge in [-0.2, -0.15) is 4.99 Å². The van der Waals surface area contributed by atoms with Crippen LogP contribution >= 0.6 is 23.2 Å². The average Bonchev–Trinajstić information content (AvgIpc) is 3.20. The second-order valence-electron chi connectivity index (χ2n) is 12.1. The van der Waals surface area contributed by atoms with E-state index < -0.39 is 23.7 Å². The molecule has 0 unspecified atom stereocenters. The number of amides is 4. The Morgan fingerprint density at radius 1 is 1.13 bits per heavy atom. The highest BCUT2D eigenvalue weighted by Gasteiger charge is 2.33. The van der Waals surface area contributed by atoms with E-state index in [4.69, 9.17) is 27.9 Å². The van der Waals surface area contributed by atoms with Gasteiger partial charge in [0, 0.05) is 56.7 Å². The number of urea groups is 1. The summed E-state index contributed by atoms with van der Waals surface area (Å²) in [5.74, 6) is 1.44. The fourth-order valence-corrected chi connectivity index (χ4v) is 6.37. The monoisotopic (exact) mass is 669 g/mol. The molecule has 13 heteroatoms. The average molecular weight is 671 g/mol. The molecule has 4 amide bonds. The lowest BCUT2D eigenvalue weighted by Crippen LogP contribution is -2.50. The Hall–Kier alpha value is -3.98. The van der Waals surface area contributed by atoms with Crippen LogP contribution in [0.1, 0.15) is 43.7 Å². The molecule has 2 saturated heterocycles. The van der Waals surface area contributed by atoms with Gasteiger partial charge in [0.2, 0.25) is 0 Å². The number of anilines is 1. The molecular weight excluding hydrogens is 633 g/mol. The number of rotatable bonds is 6. The zero-order valence-electron chi connectivity index (χ0n) is 25.5. The van der Waals surface area contributed by atoms with Gasteiger partial charge in [0.1, 0.15) is 0 Å². The molecule has 1 atom stereocenters. The van der Waals surface area contributed by atoms with Crippen LogP contribution in [-0.4, -0.2) is 99.3 Å². The third kappa shape index (κ3) is 8.43. The van der Waals surface area contributed by atoms with Gasteiger partial charge in [0.15, 0.2) is 11.9 Å². The lowest BCUT2D eigenvalue weighted by Gasteiger charge is -2.37. The highest BCUT2D eigenvalue weighted by Crippen LogP contribution is 2.33. The van der Waals surface area contributed by atoms with Gasteiger partial charge in [0.25, 0.3) is 5.91 Å². The Balaban J connectivity index is 1.23. The standard InChI is InChI=1S/C33H37Cl2N5O6/c1-33(45)10-17-38(18-11-33)13-4-12-36-30(42)28(21-22-19-25(34)29(41)26(35)20-22)46-32(44)39-14-8-24(9-15-39)40-16-7-23-5-2-3-6-27(23)37-31(40)43/h2-3,5-6,13,19-20,24,28,41,45H,7-11,14-18,21H2,1H3,(H,37,43)/t28-/m1/s1. The minimum atomic E-state index is -1.32. The number of aliphatic hydroxyl groups is 1. The van der Waals surface area contributed by atoms with Gasteiger partial charge in [0.05, 0.1) is 21.8 Å². The number of hydrogen-bond acceptors (Lipinski definition) is 7. The lowest BCUT2D eigenvalue weighted by molar-refractivity contribution is -0.126. The van der Waals surface area contributed by atoms with E-state index in [1.165, 1.54) is 17.0 Å². The van der Waals surface area contributed by atoms with Gasteiger partial charge in [-0.1, -0.05) is 41.4 Å². The molecule has 5 rings (SSSR count). The van der Waals surface area contributed by atoms with Crippen molar-refractivity contribution < 1.29 is 29.3 Å². The fourth-order valence-electron chi connectivity index (χ4n) is 5.84. The number of likely N-dealkylation sites (tertiary alicyclic amines) is 2. The SMILES string of the molecule is CC1(O)CCN(C=C=C=NC(=O)[C@@H](Cc2cc(Cl)c(O)c(Cl)c2)OC(=O)N2CCC(N3CCc4ccccc4NC3=O)CC2)CC1. The number of piperidine rings is 2. The first-order chi connectivity index (χ1) is 22.0. The van der Waals surface area contributed by atoms with E-state index in [2.05, 4.69) is 21.9 Å². The molecule has 2 aromatic rings. The van der Waals surface area contributed by atoms with Crippen LogP contribution in [0.2, 0.25) is 10.0 Å². The number of carbonyl (C=O) groups is 3. The van der Waals surface area contributed by atoms with Crippen molar-refractivity contribution in [2.45, 2.75) is 63.2 Å². The predicted octanol–water partition coefficient (Wildman–Crippen LogP) is 5.01. The molecule has 3 N–H and O–H groups in total. The topological polar surface area (TPSA) is 135 Å². The summed E-state index contributed by atoms with van der Waals surface area (Å²) in [6, 6.07) is 10.4. The summed E-state index contributed by atoms with van der Waals surface area (Å²) in [7, 11) is 0. The normalized spacial score (nSPS) is 18.7. The van der Waals surface area contributed by atoms with E-state index in [1.54, 1.807) is 13.1 Å². The quantitative estimate of drug-likeness (QED) is 0.291. The van der Waals surface area contributed by atoms with Crippen molar-refractivity contribution in [2.75, 3.05) is 38.0 Å². The highest BCUT2D eigenvalue weighted by molar-refractivity contribution is 6.37. The molecule has 0 aliphatic carbocycles. The van der Waals surface area contributed by atoms with Crippen molar-refractivity contribution in [3.63, 3.8) is 0 Å². The molecule has 0 spiro atoms. The zero-order valence-corrected chi connectivity index (χ0v) is 27.1. The Morgan fingerprint density at radius 2 is 1.80 bits per heavy atom. The summed E-state index contributed by atoms with van der Waals surface area (Å²) in [5, 5.41) is 23.1. The van der Waals surface area contributed by atoms with Crippen LogP contribution < -0.4 is 5.32 Å². The number of halogens is 2. The molecule has 2 aromatic carbocycles. The Morgan fingerprint density at radius 3 is 2.50 bits per heavy atom. The van der Waals surface area contributed by atoms with E-state index in [0.29, 0.717) is 64.0 Å². The maximum absolute atomic E-state index is 13.3. The first kappa shape index (κ1) is 33.4. The second kappa shape index (κ2) is 14.6. The highest BCUT2D eigenvalue weighted by atomic mass is 35.5. The number of carbonyl (C=O) groups excluding carboxylic acids is 3. The molecule has 0 bridgehead atoms. The van der Waals surface area contributed by atoms with Crippen LogP contribution in [0.3, 0.4) is 0 Å². The summed E-state index contributed by atoms with van der Waals surface area (Å²) in [4.78, 5) is 48.6. The van der Waals surface area contributed by atoms with Crippen LogP contribution in [0.4, 0.5) is 15.3 Å². The molecular formula is C33H37Cl2N5O6. The first-order valence-electron chi connectivity index (χ1n) is 15.3. The van der Waals surface area contributed by atoms with Crippen molar-refractivity contribution in [2.24, 2.45) is 4.99 Å². The molecule has 11 nitrogen and oxygen atoms in total. The smallest absolute Gasteiger partial charge is 0.410 e. The van der Waals surface area contributed by atoms with Gasteiger partial charge in [-0.15, -0.1) is 0 Å². The van der Waals surface area contributed by atoms with Gasteiger partial charge in [-0.3, -0.25) is 4.79 Å². The summed E-state index contributed by atoms with van der Waals surface area (Å²) >= 11 is 12.2. The number of phenols is 1. The van der Waals surface area contributed by atoms with Crippen molar-refractivity contribution in [1.82, 2.24) is 14.7 Å². The zero-order chi connectivity index (χ0) is 32.8.